The number of ether oxygens (including phenoxy) is 1. The molecule has 1 aliphatic heterocycles. The van der Waals surface area contributed by atoms with Gasteiger partial charge in [-0.3, -0.25) is 4.79 Å². The third-order valence-corrected chi connectivity index (χ3v) is 4.99. The Kier molecular flexibility index (Phi) is 4.61. The van der Waals surface area contributed by atoms with Crippen molar-refractivity contribution in [2.24, 2.45) is 0 Å². The smallest absolute Gasteiger partial charge is 0.260 e. The van der Waals surface area contributed by atoms with Crippen LogP contribution in [-0.2, 0) is 4.79 Å². The van der Waals surface area contributed by atoms with Gasteiger partial charge in [-0.25, -0.2) is 4.98 Å². The minimum absolute atomic E-state index is 0.0505. The summed E-state index contributed by atoms with van der Waals surface area (Å²) in [5.41, 5.74) is 3.21. The first kappa shape index (κ1) is 16.6. The van der Waals surface area contributed by atoms with E-state index in [0.717, 1.165) is 54.1 Å². The van der Waals surface area contributed by atoms with Crippen molar-refractivity contribution in [1.29, 1.82) is 0 Å². The summed E-state index contributed by atoms with van der Waals surface area (Å²) >= 11 is 0. The average molecular weight is 349 g/mol. The first-order valence-corrected chi connectivity index (χ1v) is 9.11. The van der Waals surface area contributed by atoms with Gasteiger partial charge in [-0.15, -0.1) is 0 Å². The number of rotatable bonds is 4. The number of carbonyl (C=O) groups is 1. The fraction of sp³-hybridized carbons (Fsp3) is 0.333. The van der Waals surface area contributed by atoms with Crippen molar-refractivity contribution in [2.45, 2.75) is 25.7 Å². The number of nitrogens with one attached hydrogen (secondary N) is 1. The van der Waals surface area contributed by atoms with Crippen LogP contribution in [0.5, 0.6) is 5.75 Å². The Morgan fingerprint density at radius 1 is 1.19 bits per heavy atom. The molecule has 2 heterocycles. The standard InChI is InChI=1S/C21H23N3O2/c1-15-5-4-6-17(13-15)26-14-20(25)24-11-9-16(10-12-24)21-22-18-7-2-3-8-19(18)23-21/h2-8,13,16H,9-12,14H2,1H3,(H,22,23). The molecule has 1 saturated heterocycles. The van der Waals surface area contributed by atoms with Gasteiger partial charge in [0.15, 0.2) is 6.61 Å². The second kappa shape index (κ2) is 7.20. The van der Waals surface area contributed by atoms with Gasteiger partial charge in [0, 0.05) is 19.0 Å². The normalized spacial score (nSPS) is 15.3. The van der Waals surface area contributed by atoms with Crippen molar-refractivity contribution in [2.75, 3.05) is 19.7 Å². The third-order valence-electron chi connectivity index (χ3n) is 4.99. The van der Waals surface area contributed by atoms with Crippen LogP contribution in [0.3, 0.4) is 0 Å². The summed E-state index contributed by atoms with van der Waals surface area (Å²) in [6, 6.07) is 15.9. The molecule has 1 aliphatic rings. The molecule has 0 aliphatic carbocycles. The third kappa shape index (κ3) is 3.57. The lowest BCUT2D eigenvalue weighted by atomic mass is 9.96. The van der Waals surface area contributed by atoms with E-state index in [9.17, 15) is 4.79 Å². The van der Waals surface area contributed by atoms with Crippen LogP contribution in [0.1, 0.15) is 30.1 Å². The van der Waals surface area contributed by atoms with Crippen molar-refractivity contribution in [3.8, 4) is 5.75 Å². The van der Waals surface area contributed by atoms with E-state index in [2.05, 4.69) is 4.98 Å². The van der Waals surface area contributed by atoms with Gasteiger partial charge in [0.2, 0.25) is 0 Å². The molecule has 1 aromatic heterocycles. The molecular weight excluding hydrogens is 326 g/mol. The number of para-hydroxylation sites is 2. The Hall–Kier alpha value is -2.82. The van der Waals surface area contributed by atoms with Gasteiger partial charge in [-0.1, -0.05) is 24.3 Å². The molecule has 0 spiro atoms. The summed E-state index contributed by atoms with van der Waals surface area (Å²) in [6.45, 7) is 3.60. The number of imidazole rings is 1. The Morgan fingerprint density at radius 2 is 2.00 bits per heavy atom. The van der Waals surface area contributed by atoms with Crippen LogP contribution in [0.4, 0.5) is 0 Å². The maximum atomic E-state index is 12.4. The number of nitrogens with zero attached hydrogens (tertiary/aromatic N) is 2. The molecule has 5 heteroatoms. The zero-order valence-electron chi connectivity index (χ0n) is 14.9. The minimum Gasteiger partial charge on any atom is -0.484 e. The number of hydrogen-bond acceptors (Lipinski definition) is 3. The molecule has 26 heavy (non-hydrogen) atoms. The quantitative estimate of drug-likeness (QED) is 0.782. The van der Waals surface area contributed by atoms with Crippen molar-refractivity contribution in [1.82, 2.24) is 14.9 Å². The summed E-state index contributed by atoms with van der Waals surface area (Å²) in [6.07, 6.45) is 1.85. The number of aryl methyl sites for hydroxylation is 1. The van der Waals surface area contributed by atoms with E-state index in [1.54, 1.807) is 0 Å². The van der Waals surface area contributed by atoms with E-state index in [4.69, 9.17) is 9.72 Å². The minimum atomic E-state index is 0.0505. The number of benzene rings is 2. The molecule has 0 unspecified atom stereocenters. The lowest BCUT2D eigenvalue weighted by Crippen LogP contribution is -2.40. The lowest BCUT2D eigenvalue weighted by molar-refractivity contribution is -0.134. The van der Waals surface area contributed by atoms with Crippen LogP contribution in [-0.4, -0.2) is 40.5 Å². The Balaban J connectivity index is 1.32. The fourth-order valence-corrected chi connectivity index (χ4v) is 3.51. The first-order chi connectivity index (χ1) is 12.7. The van der Waals surface area contributed by atoms with Crippen molar-refractivity contribution >= 4 is 16.9 Å². The zero-order chi connectivity index (χ0) is 17.9. The zero-order valence-corrected chi connectivity index (χ0v) is 14.9. The van der Waals surface area contributed by atoms with Crippen LogP contribution in [0.25, 0.3) is 11.0 Å². The van der Waals surface area contributed by atoms with E-state index < -0.39 is 0 Å². The molecule has 0 bridgehead atoms. The maximum absolute atomic E-state index is 12.4. The first-order valence-electron chi connectivity index (χ1n) is 9.11. The lowest BCUT2D eigenvalue weighted by Gasteiger charge is -2.31. The highest BCUT2D eigenvalue weighted by molar-refractivity contribution is 5.78. The van der Waals surface area contributed by atoms with E-state index in [0.29, 0.717) is 5.92 Å². The second-order valence-electron chi connectivity index (χ2n) is 6.90. The van der Waals surface area contributed by atoms with Gasteiger partial charge in [0.05, 0.1) is 11.0 Å². The van der Waals surface area contributed by atoms with Gasteiger partial charge in [-0.2, -0.15) is 0 Å². The average Bonchev–Trinajstić information content (AvgIpc) is 3.10. The number of aromatic nitrogens is 2. The Bertz CT molecular complexity index is 877. The molecule has 2 aromatic carbocycles. The summed E-state index contributed by atoms with van der Waals surface area (Å²) in [7, 11) is 0. The highest BCUT2D eigenvalue weighted by Gasteiger charge is 2.25. The SMILES string of the molecule is Cc1cccc(OCC(=O)N2CCC(c3nc4ccccc4[nH]3)CC2)c1. The van der Waals surface area contributed by atoms with Gasteiger partial charge in [-0.05, 0) is 49.6 Å². The summed E-state index contributed by atoms with van der Waals surface area (Å²) in [5, 5.41) is 0. The van der Waals surface area contributed by atoms with Crippen molar-refractivity contribution in [3.05, 3.63) is 59.9 Å². The van der Waals surface area contributed by atoms with E-state index in [1.807, 2.05) is 60.4 Å². The fourth-order valence-electron chi connectivity index (χ4n) is 3.51. The van der Waals surface area contributed by atoms with Gasteiger partial charge < -0.3 is 14.6 Å². The van der Waals surface area contributed by atoms with Gasteiger partial charge >= 0.3 is 0 Å². The maximum Gasteiger partial charge on any atom is 0.260 e. The van der Waals surface area contributed by atoms with E-state index in [1.165, 1.54) is 0 Å². The molecule has 1 amide bonds. The number of aromatic amines is 1. The van der Waals surface area contributed by atoms with Crippen LogP contribution in [0.15, 0.2) is 48.5 Å². The summed E-state index contributed by atoms with van der Waals surface area (Å²) in [5.74, 6) is 2.21. The molecule has 0 atom stereocenters. The topological polar surface area (TPSA) is 58.2 Å². The number of likely N-dealkylation sites (tertiary alicyclic amines) is 1. The van der Waals surface area contributed by atoms with Crippen LogP contribution in [0, 0.1) is 6.92 Å². The molecule has 134 valence electrons. The Morgan fingerprint density at radius 3 is 2.77 bits per heavy atom. The van der Waals surface area contributed by atoms with Crippen LogP contribution < -0.4 is 4.74 Å². The number of carbonyl (C=O) groups excluding carboxylic acids is 1. The number of amides is 1. The molecular formula is C21H23N3O2. The second-order valence-corrected chi connectivity index (χ2v) is 6.90. The molecule has 3 aromatic rings. The number of piperidine rings is 1. The largest absolute Gasteiger partial charge is 0.484 e. The highest BCUT2D eigenvalue weighted by atomic mass is 16.5. The molecule has 4 rings (SSSR count). The molecule has 0 radical (unpaired) electrons. The van der Waals surface area contributed by atoms with Crippen molar-refractivity contribution in [3.63, 3.8) is 0 Å². The van der Waals surface area contributed by atoms with Crippen LogP contribution in [0.2, 0.25) is 0 Å². The predicted octanol–water partition coefficient (Wildman–Crippen LogP) is 3.66. The van der Waals surface area contributed by atoms with Gasteiger partial charge in [0.25, 0.3) is 5.91 Å². The summed E-state index contributed by atoms with van der Waals surface area (Å²) < 4.78 is 5.64. The molecule has 5 nitrogen and oxygen atoms in total. The summed E-state index contributed by atoms with van der Waals surface area (Å²) in [4.78, 5) is 22.4. The predicted molar refractivity (Wildman–Crippen MR) is 101 cm³/mol. The Labute approximate surface area is 153 Å². The highest BCUT2D eigenvalue weighted by Crippen LogP contribution is 2.27. The van der Waals surface area contributed by atoms with Crippen LogP contribution >= 0.6 is 0 Å². The number of hydrogen-bond donors (Lipinski definition) is 1. The van der Waals surface area contributed by atoms with Gasteiger partial charge in [0.1, 0.15) is 11.6 Å². The monoisotopic (exact) mass is 349 g/mol. The number of H-pyrrole nitrogens is 1. The number of fused-ring (bicyclic) bond motifs is 1. The van der Waals surface area contributed by atoms with E-state index in [-0.39, 0.29) is 12.5 Å². The molecule has 1 N–H and O–H groups in total. The molecule has 1 fully saturated rings. The van der Waals surface area contributed by atoms with Crippen molar-refractivity contribution < 1.29 is 9.53 Å². The molecule has 0 saturated carbocycles. The van der Waals surface area contributed by atoms with E-state index >= 15 is 0 Å².